The number of hydrogen-bond acceptors (Lipinski definition) is 3. The van der Waals surface area contributed by atoms with Gasteiger partial charge in [0, 0.05) is 11.8 Å². The molecule has 0 radical (unpaired) electrons. The van der Waals surface area contributed by atoms with Gasteiger partial charge in [-0.2, -0.15) is 0 Å². The molecule has 0 bridgehead atoms. The number of hydrogen-bond donors (Lipinski definition) is 1. The quantitative estimate of drug-likeness (QED) is 0.659. The Morgan fingerprint density at radius 2 is 1.78 bits per heavy atom. The van der Waals surface area contributed by atoms with Crippen LogP contribution in [0.4, 0.5) is 5.69 Å². The van der Waals surface area contributed by atoms with Gasteiger partial charge in [0.05, 0.1) is 12.5 Å². The average molecular weight is 315 g/mol. The number of carbonyl (C=O) groups excluding carboxylic acids is 2. The predicted molar refractivity (Wildman–Crippen MR) is 91.9 cm³/mol. The summed E-state index contributed by atoms with van der Waals surface area (Å²) in [6, 6.07) is 7.45. The minimum absolute atomic E-state index is 0.128. The fraction of sp³-hybridized carbons (Fsp3) is 0.474. The van der Waals surface area contributed by atoms with Gasteiger partial charge in [0.1, 0.15) is 0 Å². The molecule has 1 saturated carbocycles. The van der Waals surface area contributed by atoms with Crippen molar-refractivity contribution in [2.24, 2.45) is 11.3 Å². The number of ether oxygens (including phenoxy) is 1. The highest BCUT2D eigenvalue weighted by Crippen LogP contribution is 2.45. The molecule has 0 saturated heterocycles. The molecule has 0 aromatic heterocycles. The van der Waals surface area contributed by atoms with Crippen molar-refractivity contribution in [3.8, 4) is 0 Å². The monoisotopic (exact) mass is 315 g/mol. The van der Waals surface area contributed by atoms with Gasteiger partial charge in [0.2, 0.25) is 5.91 Å². The van der Waals surface area contributed by atoms with Crippen LogP contribution in [0.1, 0.15) is 45.1 Å². The molecule has 1 aliphatic carbocycles. The first-order valence-electron chi connectivity index (χ1n) is 8.15. The lowest BCUT2D eigenvalue weighted by atomic mass is 9.75. The van der Waals surface area contributed by atoms with Crippen molar-refractivity contribution >= 4 is 23.6 Å². The Morgan fingerprint density at radius 1 is 1.17 bits per heavy atom. The SMILES string of the molecule is COC(=O)/C=C/c1ccc(NC(=O)C2(C(C)C)CCCC2)cc1. The molecule has 0 spiro atoms. The molecule has 0 unspecified atom stereocenters. The summed E-state index contributed by atoms with van der Waals surface area (Å²) in [6.45, 7) is 4.26. The van der Waals surface area contributed by atoms with Crippen molar-refractivity contribution in [1.82, 2.24) is 0 Å². The largest absolute Gasteiger partial charge is 0.466 e. The van der Waals surface area contributed by atoms with Crippen LogP contribution < -0.4 is 5.32 Å². The fourth-order valence-corrected chi connectivity index (χ4v) is 3.24. The summed E-state index contributed by atoms with van der Waals surface area (Å²) in [6.07, 6.45) is 7.25. The van der Waals surface area contributed by atoms with Gasteiger partial charge >= 0.3 is 5.97 Å². The van der Waals surface area contributed by atoms with Crippen LogP contribution in [-0.4, -0.2) is 19.0 Å². The maximum absolute atomic E-state index is 12.7. The Hall–Kier alpha value is -2.10. The van der Waals surface area contributed by atoms with E-state index in [9.17, 15) is 9.59 Å². The van der Waals surface area contributed by atoms with Gasteiger partial charge in [-0.1, -0.05) is 38.8 Å². The number of amides is 1. The molecule has 1 aromatic rings. The molecule has 2 rings (SSSR count). The van der Waals surface area contributed by atoms with Crippen molar-refractivity contribution in [2.45, 2.75) is 39.5 Å². The Balaban J connectivity index is 2.04. The third kappa shape index (κ3) is 4.01. The molecule has 1 fully saturated rings. The summed E-state index contributed by atoms with van der Waals surface area (Å²) < 4.78 is 4.56. The molecule has 0 atom stereocenters. The summed E-state index contributed by atoms with van der Waals surface area (Å²) in [5.41, 5.74) is 1.44. The van der Waals surface area contributed by atoms with Crippen LogP contribution in [0.5, 0.6) is 0 Å². The Bertz CT molecular complexity index is 581. The molecule has 124 valence electrons. The minimum atomic E-state index is -0.387. The first-order valence-corrected chi connectivity index (χ1v) is 8.15. The van der Waals surface area contributed by atoms with Gasteiger partial charge in [-0.3, -0.25) is 4.79 Å². The van der Waals surface area contributed by atoms with Gasteiger partial charge in [-0.05, 0) is 42.5 Å². The van der Waals surface area contributed by atoms with Crippen LogP contribution in [0.15, 0.2) is 30.3 Å². The van der Waals surface area contributed by atoms with E-state index in [2.05, 4.69) is 23.9 Å². The smallest absolute Gasteiger partial charge is 0.330 e. The van der Waals surface area contributed by atoms with Gasteiger partial charge in [0.15, 0.2) is 0 Å². The number of benzene rings is 1. The zero-order chi connectivity index (χ0) is 16.9. The second-order valence-corrected chi connectivity index (χ2v) is 6.45. The van der Waals surface area contributed by atoms with E-state index in [0.29, 0.717) is 5.92 Å². The summed E-state index contributed by atoms with van der Waals surface area (Å²) in [5.74, 6) is 0.0811. The van der Waals surface area contributed by atoms with E-state index in [1.165, 1.54) is 13.2 Å². The van der Waals surface area contributed by atoms with Crippen molar-refractivity contribution in [3.63, 3.8) is 0 Å². The maximum Gasteiger partial charge on any atom is 0.330 e. The highest BCUT2D eigenvalue weighted by atomic mass is 16.5. The second-order valence-electron chi connectivity index (χ2n) is 6.45. The molecular formula is C19H25NO3. The lowest BCUT2D eigenvalue weighted by molar-refractivity contribution is -0.134. The molecule has 23 heavy (non-hydrogen) atoms. The number of esters is 1. The van der Waals surface area contributed by atoms with Crippen LogP contribution in [0.25, 0.3) is 6.08 Å². The lowest BCUT2D eigenvalue weighted by Gasteiger charge is -2.31. The van der Waals surface area contributed by atoms with Crippen LogP contribution >= 0.6 is 0 Å². The van der Waals surface area contributed by atoms with Crippen molar-refractivity contribution in [1.29, 1.82) is 0 Å². The zero-order valence-electron chi connectivity index (χ0n) is 14.1. The maximum atomic E-state index is 12.7. The second kappa shape index (κ2) is 7.44. The van der Waals surface area contributed by atoms with Crippen LogP contribution in [0.2, 0.25) is 0 Å². The number of methoxy groups -OCH3 is 1. The van der Waals surface area contributed by atoms with Crippen LogP contribution in [0, 0.1) is 11.3 Å². The zero-order valence-corrected chi connectivity index (χ0v) is 14.1. The number of rotatable bonds is 5. The predicted octanol–water partition coefficient (Wildman–Crippen LogP) is 4.03. The molecule has 4 heteroatoms. The van der Waals surface area contributed by atoms with E-state index >= 15 is 0 Å². The highest BCUT2D eigenvalue weighted by molar-refractivity contribution is 5.96. The van der Waals surface area contributed by atoms with Gasteiger partial charge in [-0.15, -0.1) is 0 Å². The summed E-state index contributed by atoms with van der Waals surface area (Å²) in [5, 5.41) is 3.05. The molecule has 0 heterocycles. The molecule has 0 aliphatic heterocycles. The first kappa shape index (κ1) is 17.3. The Labute approximate surface area is 137 Å². The van der Waals surface area contributed by atoms with E-state index in [1.54, 1.807) is 6.08 Å². The van der Waals surface area contributed by atoms with Gasteiger partial charge in [-0.25, -0.2) is 4.79 Å². The van der Waals surface area contributed by atoms with Crippen molar-refractivity contribution < 1.29 is 14.3 Å². The third-order valence-corrected chi connectivity index (χ3v) is 4.83. The molecule has 4 nitrogen and oxygen atoms in total. The Kier molecular flexibility index (Phi) is 5.59. The van der Waals surface area contributed by atoms with E-state index in [4.69, 9.17) is 0 Å². The summed E-state index contributed by atoms with van der Waals surface area (Å²) >= 11 is 0. The van der Waals surface area contributed by atoms with E-state index in [1.807, 2.05) is 24.3 Å². The number of carbonyl (C=O) groups is 2. The Morgan fingerprint density at radius 3 is 2.30 bits per heavy atom. The molecule has 1 aromatic carbocycles. The normalized spacial score (nSPS) is 16.7. The highest BCUT2D eigenvalue weighted by Gasteiger charge is 2.43. The standard InChI is InChI=1S/C19H25NO3/c1-14(2)19(12-4-5-13-19)18(22)20-16-9-6-15(7-10-16)8-11-17(21)23-3/h6-11,14H,4-5,12-13H2,1-3H3,(H,20,22)/b11-8+. The third-order valence-electron chi connectivity index (χ3n) is 4.83. The summed E-state index contributed by atoms with van der Waals surface area (Å²) in [7, 11) is 1.35. The van der Waals surface area contributed by atoms with E-state index in [-0.39, 0.29) is 17.3 Å². The topological polar surface area (TPSA) is 55.4 Å². The van der Waals surface area contributed by atoms with Crippen molar-refractivity contribution in [3.05, 3.63) is 35.9 Å². The fourth-order valence-electron chi connectivity index (χ4n) is 3.24. The average Bonchev–Trinajstić information content (AvgIpc) is 3.05. The van der Waals surface area contributed by atoms with Gasteiger partial charge < -0.3 is 10.1 Å². The van der Waals surface area contributed by atoms with E-state index in [0.717, 1.165) is 36.9 Å². The number of nitrogens with one attached hydrogen (secondary N) is 1. The molecule has 1 aliphatic rings. The minimum Gasteiger partial charge on any atom is -0.466 e. The lowest BCUT2D eigenvalue weighted by Crippen LogP contribution is -2.38. The number of anilines is 1. The van der Waals surface area contributed by atoms with Crippen LogP contribution in [0.3, 0.4) is 0 Å². The molecular weight excluding hydrogens is 290 g/mol. The van der Waals surface area contributed by atoms with Crippen molar-refractivity contribution in [2.75, 3.05) is 12.4 Å². The molecule has 1 N–H and O–H groups in total. The first-order chi connectivity index (χ1) is 11.0. The molecule has 1 amide bonds. The van der Waals surface area contributed by atoms with E-state index < -0.39 is 0 Å². The van der Waals surface area contributed by atoms with Crippen LogP contribution in [-0.2, 0) is 14.3 Å². The summed E-state index contributed by atoms with van der Waals surface area (Å²) in [4.78, 5) is 23.8. The van der Waals surface area contributed by atoms with Gasteiger partial charge in [0.25, 0.3) is 0 Å².